The molecule has 0 unspecified atom stereocenters. The molecule has 0 spiro atoms. The standard InChI is InChI=1S/C14H18N6/c1-11-8-13(17-10-16-11)19-12-3-6-20(7-4-12)14-2-5-15-9-18-14/h2,5,8-10,12H,3-4,6-7H2,1H3,(H,16,17,19). The lowest BCUT2D eigenvalue weighted by molar-refractivity contribution is 0.522. The largest absolute Gasteiger partial charge is 0.367 e. The quantitative estimate of drug-likeness (QED) is 0.915. The van der Waals surface area contributed by atoms with Gasteiger partial charge < -0.3 is 10.2 Å². The van der Waals surface area contributed by atoms with Crippen LogP contribution in [0.3, 0.4) is 0 Å². The van der Waals surface area contributed by atoms with Crippen molar-refractivity contribution in [2.45, 2.75) is 25.8 Å². The van der Waals surface area contributed by atoms with Crippen LogP contribution in [0.1, 0.15) is 18.5 Å². The van der Waals surface area contributed by atoms with E-state index in [4.69, 9.17) is 0 Å². The van der Waals surface area contributed by atoms with Gasteiger partial charge in [-0.15, -0.1) is 0 Å². The Hall–Kier alpha value is -2.24. The number of aromatic nitrogens is 4. The van der Waals surface area contributed by atoms with Gasteiger partial charge in [-0.25, -0.2) is 19.9 Å². The number of hydrogen-bond donors (Lipinski definition) is 1. The molecule has 104 valence electrons. The molecule has 1 aliphatic heterocycles. The predicted octanol–water partition coefficient (Wildman–Crippen LogP) is 1.66. The Bertz CT molecular complexity index is 551. The van der Waals surface area contributed by atoms with Crippen LogP contribution in [0, 0.1) is 6.92 Å². The number of aryl methyl sites for hydroxylation is 1. The van der Waals surface area contributed by atoms with Crippen molar-refractivity contribution in [2.24, 2.45) is 0 Å². The van der Waals surface area contributed by atoms with Crippen LogP contribution in [0.15, 0.2) is 31.0 Å². The molecule has 0 amide bonds. The summed E-state index contributed by atoms with van der Waals surface area (Å²) in [5, 5.41) is 3.48. The minimum Gasteiger partial charge on any atom is -0.367 e. The Morgan fingerprint density at radius 1 is 1.15 bits per heavy atom. The number of nitrogens with one attached hydrogen (secondary N) is 1. The fraction of sp³-hybridized carbons (Fsp3) is 0.429. The summed E-state index contributed by atoms with van der Waals surface area (Å²) < 4.78 is 0. The molecule has 3 rings (SSSR count). The summed E-state index contributed by atoms with van der Waals surface area (Å²) in [4.78, 5) is 18.9. The fourth-order valence-electron chi connectivity index (χ4n) is 2.47. The first-order valence-corrected chi connectivity index (χ1v) is 6.87. The normalized spacial score (nSPS) is 16.1. The molecule has 2 aromatic heterocycles. The van der Waals surface area contributed by atoms with Crippen LogP contribution in [0.4, 0.5) is 11.6 Å². The summed E-state index contributed by atoms with van der Waals surface area (Å²) >= 11 is 0. The van der Waals surface area contributed by atoms with E-state index in [9.17, 15) is 0 Å². The molecule has 3 heterocycles. The van der Waals surface area contributed by atoms with E-state index >= 15 is 0 Å². The molecule has 0 atom stereocenters. The molecule has 1 saturated heterocycles. The maximum Gasteiger partial charge on any atom is 0.131 e. The first kappa shape index (κ1) is 12.8. The van der Waals surface area contributed by atoms with E-state index in [0.29, 0.717) is 6.04 Å². The molecular formula is C14H18N6. The summed E-state index contributed by atoms with van der Waals surface area (Å²) in [7, 11) is 0. The zero-order chi connectivity index (χ0) is 13.8. The minimum absolute atomic E-state index is 0.461. The van der Waals surface area contributed by atoms with E-state index < -0.39 is 0 Å². The van der Waals surface area contributed by atoms with E-state index in [1.165, 1.54) is 0 Å². The van der Waals surface area contributed by atoms with Crippen molar-refractivity contribution in [2.75, 3.05) is 23.3 Å². The Balaban J connectivity index is 1.56. The second kappa shape index (κ2) is 5.81. The summed E-state index contributed by atoms with van der Waals surface area (Å²) in [6.45, 7) is 3.97. The number of nitrogens with zero attached hydrogens (tertiary/aromatic N) is 5. The van der Waals surface area contributed by atoms with Gasteiger partial charge in [-0.3, -0.25) is 0 Å². The minimum atomic E-state index is 0.461. The number of anilines is 2. The Labute approximate surface area is 118 Å². The van der Waals surface area contributed by atoms with Crippen LogP contribution < -0.4 is 10.2 Å². The van der Waals surface area contributed by atoms with Crippen LogP contribution in [-0.4, -0.2) is 39.1 Å². The molecule has 6 heteroatoms. The summed E-state index contributed by atoms with van der Waals surface area (Å²) in [5.41, 5.74) is 0.987. The van der Waals surface area contributed by atoms with Gasteiger partial charge in [0.15, 0.2) is 0 Å². The lowest BCUT2D eigenvalue weighted by atomic mass is 10.1. The van der Waals surface area contributed by atoms with E-state index in [2.05, 4.69) is 30.2 Å². The van der Waals surface area contributed by atoms with Crippen molar-refractivity contribution in [3.05, 3.63) is 36.7 Å². The molecule has 6 nitrogen and oxygen atoms in total. The van der Waals surface area contributed by atoms with Gasteiger partial charge in [0.1, 0.15) is 24.3 Å². The van der Waals surface area contributed by atoms with Crippen molar-refractivity contribution in [3.63, 3.8) is 0 Å². The van der Waals surface area contributed by atoms with Gasteiger partial charge in [-0.05, 0) is 25.8 Å². The molecule has 0 bridgehead atoms. The third kappa shape index (κ3) is 3.01. The predicted molar refractivity (Wildman–Crippen MR) is 77.7 cm³/mol. The molecule has 1 fully saturated rings. The average Bonchev–Trinajstić information content (AvgIpc) is 2.49. The SMILES string of the molecule is Cc1cc(NC2CCN(c3ccncn3)CC2)ncn1. The highest BCUT2D eigenvalue weighted by Crippen LogP contribution is 2.19. The van der Waals surface area contributed by atoms with Crippen LogP contribution in [0.25, 0.3) is 0 Å². The van der Waals surface area contributed by atoms with Gasteiger partial charge in [-0.2, -0.15) is 0 Å². The third-order valence-electron chi connectivity index (χ3n) is 3.54. The first-order valence-electron chi connectivity index (χ1n) is 6.87. The summed E-state index contributed by atoms with van der Waals surface area (Å²) in [6, 6.07) is 4.40. The van der Waals surface area contributed by atoms with Crippen LogP contribution in [0.2, 0.25) is 0 Å². The van der Waals surface area contributed by atoms with E-state index in [-0.39, 0.29) is 0 Å². The third-order valence-corrected chi connectivity index (χ3v) is 3.54. The monoisotopic (exact) mass is 270 g/mol. The highest BCUT2D eigenvalue weighted by atomic mass is 15.2. The van der Waals surface area contributed by atoms with Crippen LogP contribution in [-0.2, 0) is 0 Å². The molecule has 0 saturated carbocycles. The molecule has 1 aliphatic rings. The molecule has 0 aliphatic carbocycles. The summed E-state index contributed by atoms with van der Waals surface area (Å²) in [5.74, 6) is 1.93. The van der Waals surface area contributed by atoms with Gasteiger partial charge >= 0.3 is 0 Å². The van der Waals surface area contributed by atoms with Crippen molar-refractivity contribution < 1.29 is 0 Å². The van der Waals surface area contributed by atoms with Crippen molar-refractivity contribution in [1.82, 2.24) is 19.9 Å². The maximum absolute atomic E-state index is 4.30. The Morgan fingerprint density at radius 2 is 2.00 bits per heavy atom. The van der Waals surface area contributed by atoms with Gasteiger partial charge in [0.2, 0.25) is 0 Å². The zero-order valence-electron chi connectivity index (χ0n) is 11.5. The first-order chi connectivity index (χ1) is 9.81. The number of piperidine rings is 1. The van der Waals surface area contributed by atoms with Crippen LogP contribution in [0.5, 0.6) is 0 Å². The molecule has 2 aromatic rings. The van der Waals surface area contributed by atoms with Gasteiger partial charge in [-0.1, -0.05) is 0 Å². The lowest BCUT2D eigenvalue weighted by Crippen LogP contribution is -2.39. The van der Waals surface area contributed by atoms with Crippen LogP contribution >= 0.6 is 0 Å². The molecule has 20 heavy (non-hydrogen) atoms. The Kier molecular flexibility index (Phi) is 3.71. The van der Waals surface area contributed by atoms with Crippen molar-refractivity contribution >= 4 is 11.6 Å². The number of rotatable bonds is 3. The van der Waals surface area contributed by atoms with E-state index in [1.807, 2.05) is 19.1 Å². The highest BCUT2D eigenvalue weighted by Gasteiger charge is 2.20. The summed E-state index contributed by atoms with van der Waals surface area (Å²) in [6.07, 6.45) is 7.15. The van der Waals surface area contributed by atoms with E-state index in [0.717, 1.165) is 43.3 Å². The second-order valence-corrected chi connectivity index (χ2v) is 5.02. The van der Waals surface area contributed by atoms with Gasteiger partial charge in [0.05, 0.1) is 0 Å². The topological polar surface area (TPSA) is 66.8 Å². The smallest absolute Gasteiger partial charge is 0.131 e. The van der Waals surface area contributed by atoms with Gasteiger partial charge in [0, 0.05) is 37.1 Å². The van der Waals surface area contributed by atoms with E-state index in [1.54, 1.807) is 18.9 Å². The number of hydrogen-bond acceptors (Lipinski definition) is 6. The fourth-order valence-corrected chi connectivity index (χ4v) is 2.47. The van der Waals surface area contributed by atoms with Crippen molar-refractivity contribution in [1.29, 1.82) is 0 Å². The van der Waals surface area contributed by atoms with Crippen molar-refractivity contribution in [3.8, 4) is 0 Å². The molecule has 0 radical (unpaired) electrons. The highest BCUT2D eigenvalue weighted by molar-refractivity contribution is 5.39. The second-order valence-electron chi connectivity index (χ2n) is 5.02. The molecular weight excluding hydrogens is 252 g/mol. The lowest BCUT2D eigenvalue weighted by Gasteiger charge is -2.33. The van der Waals surface area contributed by atoms with Gasteiger partial charge in [0.25, 0.3) is 0 Å². The molecule has 1 N–H and O–H groups in total. The average molecular weight is 270 g/mol. The maximum atomic E-state index is 4.30. The molecule has 0 aromatic carbocycles. The zero-order valence-corrected chi connectivity index (χ0v) is 11.5. The Morgan fingerprint density at radius 3 is 2.70 bits per heavy atom.